The van der Waals surface area contributed by atoms with Gasteiger partial charge in [0, 0.05) is 26.3 Å². The van der Waals surface area contributed by atoms with Crippen molar-refractivity contribution in [1.82, 2.24) is 0 Å². The molecule has 2 rings (SSSR count). The highest BCUT2D eigenvalue weighted by Crippen LogP contribution is 2.27. The maximum absolute atomic E-state index is 5.05. The summed E-state index contributed by atoms with van der Waals surface area (Å²) in [7, 11) is 1.70. The summed E-state index contributed by atoms with van der Waals surface area (Å²) in [5.41, 5.74) is 3.89. The van der Waals surface area contributed by atoms with Gasteiger partial charge in [-0.3, -0.25) is 0 Å². The summed E-state index contributed by atoms with van der Waals surface area (Å²) in [6.45, 7) is 6.34. The van der Waals surface area contributed by atoms with Crippen LogP contribution in [-0.4, -0.2) is 13.4 Å². The van der Waals surface area contributed by atoms with Gasteiger partial charge in [-0.15, -0.1) is 11.8 Å². The van der Waals surface area contributed by atoms with Gasteiger partial charge in [0.25, 0.3) is 0 Å². The Morgan fingerprint density at radius 2 is 1.48 bits per heavy atom. The minimum Gasteiger partial charge on any atom is -0.314 e. The Kier molecular flexibility index (Phi) is 8.49. The average molecular weight is 385 g/mol. The normalized spacial score (nSPS) is 10.0. The second-order valence-electron chi connectivity index (χ2n) is 4.64. The van der Waals surface area contributed by atoms with Crippen LogP contribution in [0.25, 0.3) is 0 Å². The van der Waals surface area contributed by atoms with Gasteiger partial charge >= 0.3 is 0 Å². The van der Waals surface area contributed by atoms with E-state index in [0.717, 1.165) is 4.47 Å². The zero-order chi connectivity index (χ0) is 15.8. The van der Waals surface area contributed by atoms with Gasteiger partial charge in [0.05, 0.1) is 7.11 Å². The minimum atomic E-state index is 1.14. The number of halogens is 1. The van der Waals surface area contributed by atoms with E-state index in [-0.39, 0.29) is 0 Å². The largest absolute Gasteiger partial charge is 0.314 e. The number of aryl methyl sites for hydroxylation is 3. The highest BCUT2D eigenvalue weighted by molar-refractivity contribution is 9.10. The third-order valence-corrected chi connectivity index (χ3v) is 5.07. The minimum absolute atomic E-state index is 1.14. The van der Waals surface area contributed by atoms with Crippen LogP contribution in [0, 0.1) is 20.8 Å². The Bertz CT molecular complexity index is 544. The second kappa shape index (κ2) is 9.57. The molecule has 2 aromatic rings. The molecule has 21 heavy (non-hydrogen) atoms. The van der Waals surface area contributed by atoms with Crippen molar-refractivity contribution in [3.05, 3.63) is 57.6 Å². The number of thioether (sulfide) groups is 1. The van der Waals surface area contributed by atoms with Gasteiger partial charge < -0.3 is 4.18 Å². The van der Waals surface area contributed by atoms with Gasteiger partial charge in [-0.1, -0.05) is 33.6 Å². The average Bonchev–Trinajstić information content (AvgIpc) is 2.44. The van der Waals surface area contributed by atoms with Crippen molar-refractivity contribution in [1.29, 1.82) is 0 Å². The van der Waals surface area contributed by atoms with Crippen molar-refractivity contribution in [2.75, 3.05) is 13.4 Å². The Balaban J connectivity index is 0.000000219. The van der Waals surface area contributed by atoms with Gasteiger partial charge in [-0.2, -0.15) is 0 Å². The van der Waals surface area contributed by atoms with E-state index in [2.05, 4.69) is 67.2 Å². The number of benzene rings is 2. The lowest BCUT2D eigenvalue weighted by molar-refractivity contribution is 0.489. The van der Waals surface area contributed by atoms with Crippen LogP contribution in [0.2, 0.25) is 0 Å². The van der Waals surface area contributed by atoms with Gasteiger partial charge in [0.2, 0.25) is 0 Å². The molecule has 0 heterocycles. The SMILES string of the molecule is COSc1c(C)cc(C)cc1C.CSc1ccc(Br)cc1. The second-order valence-corrected chi connectivity index (χ2v) is 7.34. The van der Waals surface area contributed by atoms with Crippen LogP contribution in [0.5, 0.6) is 0 Å². The molecular weight excluding hydrogens is 364 g/mol. The maximum atomic E-state index is 5.05. The first-order valence-electron chi connectivity index (χ1n) is 6.56. The lowest BCUT2D eigenvalue weighted by Gasteiger charge is -2.08. The highest BCUT2D eigenvalue weighted by Gasteiger charge is 2.03. The molecule has 0 atom stereocenters. The van der Waals surface area contributed by atoms with Crippen LogP contribution < -0.4 is 0 Å². The summed E-state index contributed by atoms with van der Waals surface area (Å²) in [5.74, 6) is 0. The van der Waals surface area contributed by atoms with E-state index in [1.807, 2.05) is 12.1 Å². The molecule has 0 spiro atoms. The highest BCUT2D eigenvalue weighted by atomic mass is 79.9. The van der Waals surface area contributed by atoms with Crippen molar-refractivity contribution >= 4 is 39.7 Å². The fourth-order valence-corrected chi connectivity index (χ4v) is 3.17. The van der Waals surface area contributed by atoms with Gasteiger partial charge in [0.15, 0.2) is 0 Å². The van der Waals surface area contributed by atoms with Crippen LogP contribution in [0.1, 0.15) is 16.7 Å². The number of hydrogen-bond donors (Lipinski definition) is 0. The summed E-state index contributed by atoms with van der Waals surface area (Å²) >= 11 is 6.56. The fourth-order valence-electron chi connectivity index (χ4n) is 1.95. The molecule has 0 unspecified atom stereocenters. The van der Waals surface area contributed by atoms with E-state index >= 15 is 0 Å². The Labute approximate surface area is 145 Å². The van der Waals surface area contributed by atoms with Crippen molar-refractivity contribution in [2.45, 2.75) is 30.6 Å². The molecule has 0 amide bonds. The Hall–Kier alpha value is -0.420. The van der Waals surface area contributed by atoms with Crippen molar-refractivity contribution < 1.29 is 4.18 Å². The van der Waals surface area contributed by atoms with Gasteiger partial charge in [-0.05, 0) is 62.4 Å². The molecule has 1 nitrogen and oxygen atoms in total. The van der Waals surface area contributed by atoms with Crippen LogP contribution in [0.15, 0.2) is 50.7 Å². The molecule has 2 aromatic carbocycles. The van der Waals surface area contributed by atoms with E-state index in [9.17, 15) is 0 Å². The standard InChI is InChI=1S/C10H14OS.C7H7BrS/c1-7-5-8(2)10(12-11-4)9(3)6-7;1-9-7-4-2-6(8)3-5-7/h5-6H,1-4H3;2-5H,1H3. The fraction of sp³-hybridized carbons (Fsp3) is 0.294. The summed E-state index contributed by atoms with van der Waals surface area (Å²) in [6, 6.07) is 12.6. The molecule has 0 N–H and O–H groups in total. The van der Waals surface area contributed by atoms with Crippen molar-refractivity contribution in [3.8, 4) is 0 Å². The third-order valence-electron chi connectivity index (χ3n) is 2.82. The quantitative estimate of drug-likeness (QED) is 0.445. The van der Waals surface area contributed by atoms with Crippen LogP contribution in [0.3, 0.4) is 0 Å². The van der Waals surface area contributed by atoms with Crippen molar-refractivity contribution in [3.63, 3.8) is 0 Å². The molecule has 0 aromatic heterocycles. The zero-order valence-corrected chi connectivity index (χ0v) is 16.3. The van der Waals surface area contributed by atoms with Crippen molar-refractivity contribution in [2.24, 2.45) is 0 Å². The number of rotatable bonds is 3. The van der Waals surface area contributed by atoms with Crippen LogP contribution in [0.4, 0.5) is 0 Å². The smallest absolute Gasteiger partial charge is 0.0508 e. The van der Waals surface area contributed by atoms with E-state index in [1.54, 1.807) is 18.9 Å². The van der Waals surface area contributed by atoms with Crippen LogP contribution in [-0.2, 0) is 4.18 Å². The molecule has 0 aliphatic rings. The molecule has 0 aliphatic heterocycles. The predicted molar refractivity (Wildman–Crippen MR) is 99.4 cm³/mol. The molecule has 0 saturated carbocycles. The summed E-state index contributed by atoms with van der Waals surface area (Å²) < 4.78 is 6.19. The van der Waals surface area contributed by atoms with E-state index < -0.39 is 0 Å². The first kappa shape index (κ1) is 18.6. The summed E-state index contributed by atoms with van der Waals surface area (Å²) in [6.07, 6.45) is 2.07. The Morgan fingerprint density at radius 1 is 0.952 bits per heavy atom. The third kappa shape index (κ3) is 6.47. The molecule has 114 valence electrons. The molecular formula is C17H21BrOS2. The molecule has 0 fully saturated rings. The zero-order valence-electron chi connectivity index (χ0n) is 13.1. The lowest BCUT2D eigenvalue weighted by atomic mass is 10.1. The monoisotopic (exact) mass is 384 g/mol. The number of hydrogen-bond acceptors (Lipinski definition) is 3. The first-order chi connectivity index (χ1) is 9.97. The molecule has 0 bridgehead atoms. The molecule has 0 saturated heterocycles. The van der Waals surface area contributed by atoms with E-state index in [0.29, 0.717) is 0 Å². The molecule has 4 heteroatoms. The predicted octanol–water partition coefficient (Wildman–Crippen LogP) is 6.44. The lowest BCUT2D eigenvalue weighted by Crippen LogP contribution is -1.87. The van der Waals surface area contributed by atoms with E-state index in [4.69, 9.17) is 4.18 Å². The topological polar surface area (TPSA) is 9.23 Å². The van der Waals surface area contributed by atoms with Crippen LogP contribution >= 0.6 is 39.7 Å². The molecule has 0 aliphatic carbocycles. The maximum Gasteiger partial charge on any atom is 0.0508 e. The Morgan fingerprint density at radius 3 is 1.90 bits per heavy atom. The molecule has 0 radical (unpaired) electrons. The first-order valence-corrected chi connectivity index (χ1v) is 9.32. The summed E-state index contributed by atoms with van der Waals surface area (Å²) in [5, 5.41) is 0. The summed E-state index contributed by atoms with van der Waals surface area (Å²) in [4.78, 5) is 2.54. The van der Waals surface area contributed by atoms with E-state index in [1.165, 1.54) is 38.5 Å². The van der Waals surface area contributed by atoms with Gasteiger partial charge in [-0.25, -0.2) is 0 Å². The van der Waals surface area contributed by atoms with Gasteiger partial charge in [0.1, 0.15) is 0 Å².